The first kappa shape index (κ1) is 11.5. The van der Waals surface area contributed by atoms with Crippen molar-refractivity contribution in [1.82, 2.24) is 5.32 Å². The molecule has 0 saturated carbocycles. The van der Waals surface area contributed by atoms with E-state index in [0.717, 1.165) is 10.2 Å². The van der Waals surface area contributed by atoms with Gasteiger partial charge in [0.2, 0.25) is 0 Å². The van der Waals surface area contributed by atoms with Crippen LogP contribution in [0.15, 0.2) is 16.6 Å². The Morgan fingerprint density at radius 2 is 1.79 bits per heavy atom. The van der Waals surface area contributed by atoms with Crippen LogP contribution in [-0.4, -0.2) is 12.2 Å². The van der Waals surface area contributed by atoms with Crippen LogP contribution in [0.25, 0.3) is 0 Å². The minimum absolute atomic E-state index is 0.631. The molecule has 0 atom stereocenters. The van der Waals surface area contributed by atoms with Gasteiger partial charge in [0.1, 0.15) is 0 Å². The third-order valence-corrected chi connectivity index (χ3v) is 3.48. The predicted molar refractivity (Wildman–Crippen MR) is 68.9 cm³/mol. The Morgan fingerprint density at radius 1 is 1.29 bits per heavy atom. The molecule has 0 heterocycles. The van der Waals surface area contributed by atoms with E-state index in [0.29, 0.717) is 5.11 Å². The van der Waals surface area contributed by atoms with Crippen LogP contribution in [0.1, 0.15) is 11.1 Å². The zero-order valence-electron chi connectivity index (χ0n) is 8.44. The second-order valence-corrected chi connectivity index (χ2v) is 4.33. The van der Waals surface area contributed by atoms with E-state index in [1.807, 2.05) is 0 Å². The van der Waals surface area contributed by atoms with Crippen LogP contribution in [0.5, 0.6) is 0 Å². The van der Waals surface area contributed by atoms with Crippen LogP contribution in [0.4, 0.5) is 5.69 Å². The summed E-state index contributed by atoms with van der Waals surface area (Å²) in [5.41, 5.74) is 3.42. The Labute approximate surface area is 98.2 Å². The van der Waals surface area contributed by atoms with Crippen molar-refractivity contribution in [3.63, 3.8) is 0 Å². The van der Waals surface area contributed by atoms with Gasteiger partial charge in [0, 0.05) is 17.2 Å². The molecule has 0 aromatic heterocycles. The lowest BCUT2D eigenvalue weighted by molar-refractivity contribution is 1.19. The summed E-state index contributed by atoms with van der Waals surface area (Å²) in [7, 11) is 1.80. The minimum atomic E-state index is 0.631. The summed E-state index contributed by atoms with van der Waals surface area (Å²) in [5, 5.41) is 6.61. The lowest BCUT2D eigenvalue weighted by Gasteiger charge is -2.10. The van der Waals surface area contributed by atoms with Crippen molar-refractivity contribution in [3.05, 3.63) is 27.7 Å². The van der Waals surface area contributed by atoms with Crippen molar-refractivity contribution in [2.24, 2.45) is 0 Å². The molecule has 0 fully saturated rings. The van der Waals surface area contributed by atoms with Crippen molar-refractivity contribution >= 4 is 38.9 Å². The van der Waals surface area contributed by atoms with Crippen LogP contribution in [0.3, 0.4) is 0 Å². The molecular formula is C10H13BrN2S. The largest absolute Gasteiger partial charge is 0.366 e. The molecule has 0 spiro atoms. The van der Waals surface area contributed by atoms with Gasteiger partial charge in [-0.05, 0) is 49.3 Å². The molecular weight excluding hydrogens is 260 g/mol. The Bertz CT molecular complexity index is 340. The highest BCUT2D eigenvalue weighted by atomic mass is 79.9. The van der Waals surface area contributed by atoms with E-state index in [1.165, 1.54) is 11.1 Å². The SMILES string of the molecule is CNC(=S)Nc1cc(C)c(Br)c(C)c1. The summed E-state index contributed by atoms with van der Waals surface area (Å²) in [5.74, 6) is 0. The summed E-state index contributed by atoms with van der Waals surface area (Å²) >= 11 is 8.54. The normalized spacial score (nSPS) is 9.71. The number of halogens is 1. The molecule has 0 unspecified atom stereocenters. The minimum Gasteiger partial charge on any atom is -0.366 e. The highest BCUT2D eigenvalue weighted by molar-refractivity contribution is 9.10. The van der Waals surface area contributed by atoms with Gasteiger partial charge in [-0.1, -0.05) is 15.9 Å². The number of benzene rings is 1. The number of rotatable bonds is 1. The molecule has 4 heteroatoms. The van der Waals surface area contributed by atoms with Gasteiger partial charge in [-0.2, -0.15) is 0 Å². The summed E-state index contributed by atoms with van der Waals surface area (Å²) < 4.78 is 1.15. The quantitative estimate of drug-likeness (QED) is 0.769. The van der Waals surface area contributed by atoms with E-state index in [-0.39, 0.29) is 0 Å². The van der Waals surface area contributed by atoms with Gasteiger partial charge in [-0.3, -0.25) is 0 Å². The Hall–Kier alpha value is -0.610. The Balaban J connectivity index is 2.95. The lowest BCUT2D eigenvalue weighted by Crippen LogP contribution is -2.24. The second kappa shape index (κ2) is 4.75. The van der Waals surface area contributed by atoms with Crippen molar-refractivity contribution < 1.29 is 0 Å². The molecule has 0 bridgehead atoms. The van der Waals surface area contributed by atoms with Gasteiger partial charge in [-0.25, -0.2) is 0 Å². The molecule has 14 heavy (non-hydrogen) atoms. The first-order valence-electron chi connectivity index (χ1n) is 4.30. The van der Waals surface area contributed by atoms with Gasteiger partial charge < -0.3 is 10.6 Å². The van der Waals surface area contributed by atoms with E-state index >= 15 is 0 Å². The highest BCUT2D eigenvalue weighted by Crippen LogP contribution is 2.24. The topological polar surface area (TPSA) is 24.1 Å². The van der Waals surface area contributed by atoms with Crippen molar-refractivity contribution in [2.45, 2.75) is 13.8 Å². The maximum Gasteiger partial charge on any atom is 0.170 e. The zero-order chi connectivity index (χ0) is 10.7. The number of thiocarbonyl (C=S) groups is 1. The first-order chi connectivity index (χ1) is 6.54. The molecule has 2 nitrogen and oxygen atoms in total. The fourth-order valence-corrected chi connectivity index (χ4v) is 1.56. The van der Waals surface area contributed by atoms with Gasteiger partial charge in [0.15, 0.2) is 5.11 Å². The molecule has 2 N–H and O–H groups in total. The van der Waals surface area contributed by atoms with E-state index in [9.17, 15) is 0 Å². The number of nitrogens with one attached hydrogen (secondary N) is 2. The van der Waals surface area contributed by atoms with Gasteiger partial charge >= 0.3 is 0 Å². The highest BCUT2D eigenvalue weighted by Gasteiger charge is 2.02. The fraction of sp³-hybridized carbons (Fsp3) is 0.300. The number of aryl methyl sites for hydroxylation is 2. The van der Waals surface area contributed by atoms with Gasteiger partial charge in [0.05, 0.1) is 0 Å². The van der Waals surface area contributed by atoms with E-state index in [1.54, 1.807) is 7.05 Å². The molecule has 0 aliphatic carbocycles. The fourth-order valence-electron chi connectivity index (χ4n) is 1.21. The molecule has 0 amide bonds. The molecule has 1 aromatic carbocycles. The lowest BCUT2D eigenvalue weighted by atomic mass is 10.1. The molecule has 76 valence electrons. The maximum absolute atomic E-state index is 5.02. The molecule has 1 aromatic rings. The Morgan fingerprint density at radius 3 is 2.21 bits per heavy atom. The smallest absolute Gasteiger partial charge is 0.170 e. The van der Waals surface area contributed by atoms with Crippen LogP contribution < -0.4 is 10.6 Å². The summed E-state index contributed by atoms with van der Waals surface area (Å²) in [6.45, 7) is 4.12. The third-order valence-electron chi connectivity index (χ3n) is 1.92. The second-order valence-electron chi connectivity index (χ2n) is 3.13. The molecule has 0 radical (unpaired) electrons. The van der Waals surface area contributed by atoms with Gasteiger partial charge in [-0.15, -0.1) is 0 Å². The molecule has 1 rings (SSSR count). The average molecular weight is 273 g/mol. The van der Waals surface area contributed by atoms with Crippen molar-refractivity contribution in [1.29, 1.82) is 0 Å². The summed E-state index contributed by atoms with van der Waals surface area (Å²) in [6.07, 6.45) is 0. The van der Waals surface area contributed by atoms with Gasteiger partial charge in [0.25, 0.3) is 0 Å². The maximum atomic E-state index is 5.02. The Kier molecular flexibility index (Phi) is 3.89. The van der Waals surface area contributed by atoms with E-state index < -0.39 is 0 Å². The number of hydrogen-bond acceptors (Lipinski definition) is 1. The predicted octanol–water partition coefficient (Wildman–Crippen LogP) is 2.98. The van der Waals surface area contributed by atoms with E-state index in [2.05, 4.69) is 52.5 Å². The van der Waals surface area contributed by atoms with Crippen LogP contribution in [-0.2, 0) is 0 Å². The molecule has 0 aliphatic rings. The summed E-state index contributed by atoms with van der Waals surface area (Å²) in [4.78, 5) is 0. The van der Waals surface area contributed by atoms with Crippen LogP contribution in [0.2, 0.25) is 0 Å². The third kappa shape index (κ3) is 2.69. The number of anilines is 1. The van der Waals surface area contributed by atoms with Crippen LogP contribution >= 0.6 is 28.1 Å². The van der Waals surface area contributed by atoms with Crippen LogP contribution in [0, 0.1) is 13.8 Å². The summed E-state index contributed by atoms with van der Waals surface area (Å²) in [6, 6.07) is 4.11. The van der Waals surface area contributed by atoms with Crippen molar-refractivity contribution in [3.8, 4) is 0 Å². The molecule has 0 saturated heterocycles. The first-order valence-corrected chi connectivity index (χ1v) is 5.50. The number of hydrogen-bond donors (Lipinski definition) is 2. The van der Waals surface area contributed by atoms with E-state index in [4.69, 9.17) is 12.2 Å². The van der Waals surface area contributed by atoms with Crippen molar-refractivity contribution in [2.75, 3.05) is 12.4 Å². The monoisotopic (exact) mass is 272 g/mol. The average Bonchev–Trinajstić information content (AvgIpc) is 2.14. The standard InChI is InChI=1S/C10H13BrN2S/c1-6-4-8(13-10(14)12-3)5-7(2)9(6)11/h4-5H,1-3H3,(H2,12,13,14). The zero-order valence-corrected chi connectivity index (χ0v) is 10.8. The molecule has 0 aliphatic heterocycles.